The summed E-state index contributed by atoms with van der Waals surface area (Å²) < 4.78 is 6.24. The summed E-state index contributed by atoms with van der Waals surface area (Å²) in [4.78, 5) is 0. The summed E-state index contributed by atoms with van der Waals surface area (Å²) in [6, 6.07) is 0. The maximum absolute atomic E-state index is 9.66. The number of ether oxygens (including phenoxy) is 1. The van der Waals surface area contributed by atoms with Crippen LogP contribution in [-0.4, -0.2) is 35.0 Å². The lowest BCUT2D eigenvalue weighted by Gasteiger charge is -2.31. The van der Waals surface area contributed by atoms with E-state index < -0.39 is 0 Å². The van der Waals surface area contributed by atoms with E-state index in [1.165, 1.54) is 38.5 Å². The van der Waals surface area contributed by atoms with Gasteiger partial charge in [-0.05, 0) is 46.5 Å². The van der Waals surface area contributed by atoms with Crippen LogP contribution in [0, 0.1) is 0 Å². The van der Waals surface area contributed by atoms with Crippen molar-refractivity contribution in [2.45, 2.75) is 82.6 Å². The standard InChI is InChI=1S/C14H27NO2/c1-11(16)13(2,3)15-10-12-6-9-14(17-12)7-4-5-8-14/h11-12,15-16H,4-10H2,1-3H3. The molecule has 100 valence electrons. The van der Waals surface area contributed by atoms with E-state index in [1.54, 1.807) is 0 Å². The van der Waals surface area contributed by atoms with Crippen molar-refractivity contribution in [1.82, 2.24) is 5.32 Å². The lowest BCUT2D eigenvalue weighted by Crippen LogP contribution is -2.50. The molecule has 0 bridgehead atoms. The third-order valence-corrected chi connectivity index (χ3v) is 4.68. The van der Waals surface area contributed by atoms with Crippen molar-refractivity contribution in [3.63, 3.8) is 0 Å². The maximum Gasteiger partial charge on any atom is 0.0708 e. The van der Waals surface area contributed by atoms with Gasteiger partial charge in [0, 0.05) is 12.1 Å². The van der Waals surface area contributed by atoms with Gasteiger partial charge in [0.2, 0.25) is 0 Å². The first-order chi connectivity index (χ1) is 7.94. The zero-order chi connectivity index (χ0) is 12.5. The molecule has 3 heteroatoms. The van der Waals surface area contributed by atoms with Crippen molar-refractivity contribution in [2.75, 3.05) is 6.54 Å². The molecular formula is C14H27NO2. The third kappa shape index (κ3) is 3.01. The second-order valence-electron chi connectivity index (χ2n) is 6.45. The largest absolute Gasteiger partial charge is 0.392 e. The maximum atomic E-state index is 9.66. The summed E-state index contributed by atoms with van der Waals surface area (Å²) in [5.74, 6) is 0. The smallest absolute Gasteiger partial charge is 0.0708 e. The van der Waals surface area contributed by atoms with E-state index >= 15 is 0 Å². The summed E-state index contributed by atoms with van der Waals surface area (Å²) in [6.45, 7) is 6.77. The van der Waals surface area contributed by atoms with E-state index in [1.807, 2.05) is 20.8 Å². The Hall–Kier alpha value is -0.120. The summed E-state index contributed by atoms with van der Waals surface area (Å²) >= 11 is 0. The van der Waals surface area contributed by atoms with Gasteiger partial charge in [-0.15, -0.1) is 0 Å². The number of hydrogen-bond acceptors (Lipinski definition) is 3. The molecule has 0 aromatic heterocycles. The molecule has 0 radical (unpaired) electrons. The van der Waals surface area contributed by atoms with Gasteiger partial charge in [-0.2, -0.15) is 0 Å². The van der Waals surface area contributed by atoms with E-state index in [4.69, 9.17) is 4.74 Å². The minimum Gasteiger partial charge on any atom is -0.392 e. The Morgan fingerprint density at radius 2 is 2.00 bits per heavy atom. The van der Waals surface area contributed by atoms with Gasteiger partial charge in [-0.1, -0.05) is 12.8 Å². The first kappa shape index (κ1) is 13.3. The highest BCUT2D eigenvalue weighted by Gasteiger charge is 2.42. The molecule has 2 N–H and O–H groups in total. The van der Waals surface area contributed by atoms with E-state index in [-0.39, 0.29) is 17.2 Å². The van der Waals surface area contributed by atoms with Crippen molar-refractivity contribution in [1.29, 1.82) is 0 Å². The Labute approximate surface area is 105 Å². The Morgan fingerprint density at radius 3 is 2.59 bits per heavy atom. The van der Waals surface area contributed by atoms with Gasteiger partial charge in [0.1, 0.15) is 0 Å². The molecule has 2 rings (SSSR count). The fourth-order valence-corrected chi connectivity index (χ4v) is 2.95. The minimum atomic E-state index is -0.343. The normalized spacial score (nSPS) is 30.0. The zero-order valence-electron chi connectivity index (χ0n) is 11.5. The van der Waals surface area contributed by atoms with Gasteiger partial charge in [-0.3, -0.25) is 0 Å². The van der Waals surface area contributed by atoms with Crippen LogP contribution in [0.2, 0.25) is 0 Å². The molecule has 1 saturated heterocycles. The topological polar surface area (TPSA) is 41.5 Å². The van der Waals surface area contributed by atoms with Crippen molar-refractivity contribution in [3.05, 3.63) is 0 Å². The molecule has 2 atom stereocenters. The molecule has 3 nitrogen and oxygen atoms in total. The first-order valence-electron chi connectivity index (χ1n) is 7.04. The molecule has 1 heterocycles. The molecule has 1 aliphatic heterocycles. The summed E-state index contributed by atoms with van der Waals surface area (Å²) in [6.07, 6.45) is 7.57. The van der Waals surface area contributed by atoms with E-state index in [9.17, 15) is 5.11 Å². The Bertz CT molecular complexity index is 257. The number of aliphatic hydroxyl groups excluding tert-OH is 1. The average Bonchev–Trinajstić information content (AvgIpc) is 2.87. The van der Waals surface area contributed by atoms with Crippen LogP contribution < -0.4 is 5.32 Å². The molecule has 17 heavy (non-hydrogen) atoms. The van der Waals surface area contributed by atoms with Crippen molar-refractivity contribution < 1.29 is 9.84 Å². The predicted octanol–water partition coefficient (Wildman–Crippen LogP) is 2.23. The summed E-state index contributed by atoms with van der Waals surface area (Å²) in [5, 5.41) is 13.1. The Kier molecular flexibility index (Phi) is 3.81. The Balaban J connectivity index is 1.78. The average molecular weight is 241 g/mol. The van der Waals surface area contributed by atoms with Gasteiger partial charge in [0.15, 0.2) is 0 Å². The highest BCUT2D eigenvalue weighted by atomic mass is 16.5. The highest BCUT2D eigenvalue weighted by Crippen LogP contribution is 2.43. The van der Waals surface area contributed by atoms with Gasteiger partial charge in [0.05, 0.1) is 17.8 Å². The van der Waals surface area contributed by atoms with Crippen molar-refractivity contribution in [3.8, 4) is 0 Å². The van der Waals surface area contributed by atoms with Crippen molar-refractivity contribution >= 4 is 0 Å². The van der Waals surface area contributed by atoms with Crippen LogP contribution in [0.5, 0.6) is 0 Å². The molecule has 1 spiro atoms. The number of aliphatic hydroxyl groups is 1. The van der Waals surface area contributed by atoms with Gasteiger partial charge in [0.25, 0.3) is 0 Å². The minimum absolute atomic E-state index is 0.224. The molecule has 0 aromatic rings. The second-order valence-corrected chi connectivity index (χ2v) is 6.45. The SMILES string of the molecule is CC(O)C(C)(C)NCC1CCC2(CCCC2)O1. The van der Waals surface area contributed by atoms with Gasteiger partial charge < -0.3 is 15.2 Å². The Morgan fingerprint density at radius 1 is 1.35 bits per heavy atom. The first-order valence-corrected chi connectivity index (χ1v) is 7.04. The quantitative estimate of drug-likeness (QED) is 0.793. The fraction of sp³-hybridized carbons (Fsp3) is 1.00. The summed E-state index contributed by atoms with van der Waals surface area (Å²) in [7, 11) is 0. The molecule has 1 saturated carbocycles. The molecule has 2 aliphatic rings. The van der Waals surface area contributed by atoms with E-state index in [0.717, 1.165) is 6.54 Å². The van der Waals surface area contributed by atoms with Crippen LogP contribution in [0.3, 0.4) is 0 Å². The van der Waals surface area contributed by atoms with Crippen LogP contribution in [-0.2, 0) is 4.74 Å². The van der Waals surface area contributed by atoms with Crippen LogP contribution >= 0.6 is 0 Å². The lowest BCUT2D eigenvalue weighted by molar-refractivity contribution is -0.0395. The van der Waals surface area contributed by atoms with E-state index in [0.29, 0.717) is 6.10 Å². The third-order valence-electron chi connectivity index (χ3n) is 4.68. The molecule has 2 unspecified atom stereocenters. The second kappa shape index (κ2) is 4.87. The molecule has 0 amide bonds. The molecule has 0 aromatic carbocycles. The van der Waals surface area contributed by atoms with E-state index in [2.05, 4.69) is 5.32 Å². The monoisotopic (exact) mass is 241 g/mol. The fourth-order valence-electron chi connectivity index (χ4n) is 2.95. The van der Waals surface area contributed by atoms with Crippen LogP contribution in [0.1, 0.15) is 59.3 Å². The predicted molar refractivity (Wildman–Crippen MR) is 69.1 cm³/mol. The molecule has 1 aliphatic carbocycles. The van der Waals surface area contributed by atoms with Gasteiger partial charge in [-0.25, -0.2) is 0 Å². The number of hydrogen-bond donors (Lipinski definition) is 2. The summed E-state index contributed by atoms with van der Waals surface area (Å²) in [5.41, 5.74) is -0.00386. The number of rotatable bonds is 4. The van der Waals surface area contributed by atoms with Gasteiger partial charge >= 0.3 is 0 Å². The number of nitrogens with one attached hydrogen (secondary N) is 1. The van der Waals surface area contributed by atoms with Crippen LogP contribution in [0.25, 0.3) is 0 Å². The van der Waals surface area contributed by atoms with Crippen LogP contribution in [0.15, 0.2) is 0 Å². The van der Waals surface area contributed by atoms with Crippen LogP contribution in [0.4, 0.5) is 0 Å². The highest BCUT2D eigenvalue weighted by molar-refractivity contribution is 4.94. The van der Waals surface area contributed by atoms with Crippen molar-refractivity contribution in [2.24, 2.45) is 0 Å². The lowest BCUT2D eigenvalue weighted by atomic mass is 9.97. The molecular weight excluding hydrogens is 214 g/mol. The molecule has 2 fully saturated rings. The zero-order valence-corrected chi connectivity index (χ0v) is 11.5.